The number of anilines is 4. The van der Waals surface area contributed by atoms with E-state index in [4.69, 9.17) is 9.72 Å². The summed E-state index contributed by atoms with van der Waals surface area (Å²) in [5.74, 6) is 2.41. The van der Waals surface area contributed by atoms with Gasteiger partial charge in [-0.1, -0.05) is 162 Å². The minimum Gasteiger partial charge on any atom is -0.457 e. The number of fused-ring (bicyclic) bond motifs is 7. The maximum absolute atomic E-state index is 6.83. The van der Waals surface area contributed by atoms with Gasteiger partial charge in [0.25, 0.3) is 0 Å². The summed E-state index contributed by atoms with van der Waals surface area (Å²) in [6.45, 7) is 14.3. The van der Waals surface area contributed by atoms with E-state index < -0.39 is 0 Å². The molecule has 0 unspecified atom stereocenters. The lowest BCUT2D eigenvalue weighted by atomic mass is 9.82. The number of hydrogen-bond donors (Lipinski definition) is 0. The van der Waals surface area contributed by atoms with E-state index in [1.165, 1.54) is 66.8 Å². The SMILES string of the molecule is Cc1cc(-n2c3ccccc3c3ccc(Oc4cccc(N5CN(c6c(-c7ccccc7)ccc7c6-c6ccccc6C7(C)C)c6ccccc65)c4)cc32)ncc1-c1ccc(C(C)(C)C)cc1. The van der Waals surface area contributed by atoms with Gasteiger partial charge in [-0.3, -0.25) is 4.57 Å². The van der Waals surface area contributed by atoms with Crippen molar-refractivity contribution in [2.45, 2.75) is 52.4 Å². The highest BCUT2D eigenvalue weighted by Gasteiger charge is 2.40. The summed E-state index contributed by atoms with van der Waals surface area (Å²) in [5, 5.41) is 2.33. The van der Waals surface area contributed by atoms with Crippen molar-refractivity contribution in [3.63, 3.8) is 0 Å². The fraction of sp³-hybridized carbons (Fsp3) is 0.145. The molecule has 0 N–H and O–H groups in total. The van der Waals surface area contributed by atoms with E-state index >= 15 is 0 Å². The molecule has 2 aliphatic rings. The van der Waals surface area contributed by atoms with Gasteiger partial charge in [0.1, 0.15) is 24.0 Å². The second-order valence-electron chi connectivity index (χ2n) is 19.7. The van der Waals surface area contributed by atoms with E-state index in [1.807, 2.05) is 6.20 Å². The number of nitrogens with zero attached hydrogens (tertiary/aromatic N) is 4. The minimum absolute atomic E-state index is 0.0997. The lowest BCUT2D eigenvalue weighted by Crippen LogP contribution is -2.25. The van der Waals surface area contributed by atoms with Crippen LogP contribution in [-0.2, 0) is 10.8 Å². The Morgan fingerprint density at radius 3 is 2.01 bits per heavy atom. The van der Waals surface area contributed by atoms with Gasteiger partial charge in [0, 0.05) is 56.9 Å². The van der Waals surface area contributed by atoms with Crippen molar-refractivity contribution in [3.8, 4) is 50.7 Å². The van der Waals surface area contributed by atoms with Crippen molar-refractivity contribution >= 4 is 44.6 Å². The molecule has 5 nitrogen and oxygen atoms in total. The second kappa shape index (κ2) is 15.4. The zero-order valence-corrected chi connectivity index (χ0v) is 38.9. The van der Waals surface area contributed by atoms with E-state index in [0.29, 0.717) is 6.67 Å². The molecule has 5 heteroatoms. The van der Waals surface area contributed by atoms with Crippen molar-refractivity contribution in [2.24, 2.45) is 0 Å². The monoisotopic (exact) mass is 868 g/mol. The van der Waals surface area contributed by atoms with Gasteiger partial charge >= 0.3 is 0 Å². The van der Waals surface area contributed by atoms with Crippen LogP contribution in [0.1, 0.15) is 56.9 Å². The van der Waals surface area contributed by atoms with Gasteiger partial charge in [0.2, 0.25) is 0 Å². The van der Waals surface area contributed by atoms with Crippen molar-refractivity contribution in [1.29, 1.82) is 0 Å². The molecule has 3 heterocycles. The number of ether oxygens (including phenoxy) is 1. The smallest absolute Gasteiger partial charge is 0.137 e. The number of rotatable bonds is 7. The lowest BCUT2D eigenvalue weighted by molar-refractivity contribution is 0.483. The van der Waals surface area contributed by atoms with Crippen LogP contribution in [0, 0.1) is 6.92 Å². The fourth-order valence-electron chi connectivity index (χ4n) is 10.8. The van der Waals surface area contributed by atoms with E-state index in [0.717, 1.165) is 50.7 Å². The molecule has 1 aliphatic heterocycles. The maximum atomic E-state index is 6.83. The maximum Gasteiger partial charge on any atom is 0.137 e. The molecule has 0 amide bonds. The van der Waals surface area contributed by atoms with Crippen LogP contribution >= 0.6 is 0 Å². The molecule has 0 bridgehead atoms. The van der Waals surface area contributed by atoms with Crippen LogP contribution in [-0.4, -0.2) is 16.2 Å². The van der Waals surface area contributed by atoms with Crippen LogP contribution < -0.4 is 14.5 Å². The van der Waals surface area contributed by atoms with Crippen molar-refractivity contribution in [1.82, 2.24) is 9.55 Å². The topological polar surface area (TPSA) is 33.5 Å². The van der Waals surface area contributed by atoms with Crippen LogP contribution in [0.3, 0.4) is 0 Å². The molecule has 0 radical (unpaired) electrons. The molecule has 8 aromatic carbocycles. The molecule has 0 spiro atoms. The van der Waals surface area contributed by atoms with Gasteiger partial charge in [0.05, 0.1) is 28.1 Å². The largest absolute Gasteiger partial charge is 0.457 e. The van der Waals surface area contributed by atoms with Gasteiger partial charge < -0.3 is 14.5 Å². The first-order chi connectivity index (χ1) is 32.5. The molecule has 0 saturated carbocycles. The zero-order chi connectivity index (χ0) is 45.6. The lowest BCUT2D eigenvalue weighted by Gasteiger charge is -2.28. The third kappa shape index (κ3) is 6.63. The first-order valence-electron chi connectivity index (χ1n) is 23.4. The van der Waals surface area contributed by atoms with Crippen molar-refractivity contribution in [2.75, 3.05) is 16.5 Å². The Morgan fingerprint density at radius 1 is 0.537 bits per heavy atom. The minimum atomic E-state index is -0.128. The number of hydrogen-bond acceptors (Lipinski definition) is 4. The third-order valence-electron chi connectivity index (χ3n) is 14.2. The normalized spacial score (nSPS) is 13.8. The second-order valence-corrected chi connectivity index (χ2v) is 19.7. The van der Waals surface area contributed by atoms with Gasteiger partial charge in [-0.2, -0.15) is 0 Å². The predicted octanol–water partition coefficient (Wildman–Crippen LogP) is 16.5. The molecule has 67 heavy (non-hydrogen) atoms. The van der Waals surface area contributed by atoms with Crippen LogP contribution in [0.4, 0.5) is 22.7 Å². The van der Waals surface area contributed by atoms with Crippen LogP contribution in [0.15, 0.2) is 194 Å². The Labute approximate surface area is 393 Å². The summed E-state index contributed by atoms with van der Waals surface area (Å²) < 4.78 is 9.10. The summed E-state index contributed by atoms with van der Waals surface area (Å²) >= 11 is 0. The van der Waals surface area contributed by atoms with Crippen LogP contribution in [0.5, 0.6) is 11.5 Å². The summed E-state index contributed by atoms with van der Waals surface area (Å²) in [6, 6.07) is 68.0. The van der Waals surface area contributed by atoms with E-state index in [1.54, 1.807) is 0 Å². The first kappa shape index (κ1) is 40.6. The summed E-state index contributed by atoms with van der Waals surface area (Å²) in [5.41, 5.74) is 19.3. The van der Waals surface area contributed by atoms with Gasteiger partial charge in [-0.05, 0) is 99.8 Å². The average molecular weight is 869 g/mol. The molecule has 326 valence electrons. The van der Waals surface area contributed by atoms with Gasteiger partial charge in [-0.25, -0.2) is 4.98 Å². The Hall–Kier alpha value is -7.89. The Morgan fingerprint density at radius 2 is 1.22 bits per heavy atom. The standard InChI is InChI=1S/C62H52N4O/c1-40-35-58(63-38-51(40)42-27-29-43(30-28-42)61(2,3)4)66-54-24-13-11-21-48(54)49-32-31-46(37-57(49)66)67-45-20-16-19-44(36-45)64-39-65(56-26-15-14-25-55(56)64)60-47(41-17-8-7-9-18-41)33-34-53-59(60)50-22-10-12-23-52(50)62(53,5)6/h7-38H,39H2,1-6H3. The zero-order valence-electron chi connectivity index (χ0n) is 38.9. The van der Waals surface area contributed by atoms with E-state index in [9.17, 15) is 0 Å². The molecule has 0 saturated heterocycles. The molecule has 12 rings (SSSR count). The van der Waals surface area contributed by atoms with E-state index in [-0.39, 0.29) is 10.8 Å². The molecule has 0 fully saturated rings. The molecule has 1 aliphatic carbocycles. The van der Waals surface area contributed by atoms with Gasteiger partial charge in [0.15, 0.2) is 0 Å². The Bertz CT molecular complexity index is 3560. The molecule has 10 aromatic rings. The highest BCUT2D eigenvalue weighted by Crippen LogP contribution is 2.57. The molecular formula is C62H52N4O. The number of aromatic nitrogens is 2. The number of pyridine rings is 1. The van der Waals surface area contributed by atoms with Crippen molar-refractivity contribution < 1.29 is 4.74 Å². The quantitative estimate of drug-likeness (QED) is 0.160. The van der Waals surface area contributed by atoms with Crippen LogP contribution in [0.25, 0.3) is 61.0 Å². The number of para-hydroxylation sites is 3. The summed E-state index contributed by atoms with van der Waals surface area (Å²) in [6.07, 6.45) is 2.02. The molecule has 2 aromatic heterocycles. The molecular weight excluding hydrogens is 817 g/mol. The summed E-state index contributed by atoms with van der Waals surface area (Å²) in [7, 11) is 0. The highest BCUT2D eigenvalue weighted by atomic mass is 16.5. The van der Waals surface area contributed by atoms with Crippen LogP contribution in [0.2, 0.25) is 0 Å². The van der Waals surface area contributed by atoms with Crippen molar-refractivity contribution in [3.05, 3.63) is 217 Å². The molecule has 0 atom stereocenters. The third-order valence-corrected chi connectivity index (χ3v) is 14.2. The Balaban J connectivity index is 0.907. The fourth-order valence-corrected chi connectivity index (χ4v) is 10.8. The number of aryl methyl sites for hydroxylation is 1. The van der Waals surface area contributed by atoms with E-state index in [2.05, 4.69) is 244 Å². The predicted molar refractivity (Wildman–Crippen MR) is 279 cm³/mol. The number of benzene rings is 8. The summed E-state index contributed by atoms with van der Waals surface area (Å²) in [4.78, 5) is 10.1. The highest BCUT2D eigenvalue weighted by molar-refractivity contribution is 6.09. The first-order valence-corrected chi connectivity index (χ1v) is 23.4. The van der Waals surface area contributed by atoms with Gasteiger partial charge in [-0.15, -0.1) is 0 Å². The Kier molecular flexibility index (Phi) is 9.30. The average Bonchev–Trinajstić information content (AvgIpc) is 3.97.